The largest absolute Gasteiger partial charge is 0.287 e. The molecule has 0 spiro atoms. The van der Waals surface area contributed by atoms with Crippen molar-refractivity contribution in [2.45, 2.75) is 44.3 Å². The molecule has 1 aromatic heterocycles. The van der Waals surface area contributed by atoms with Gasteiger partial charge in [-0.15, -0.1) is 0 Å². The van der Waals surface area contributed by atoms with E-state index in [-0.39, 0.29) is 5.56 Å². The molecule has 3 nitrogen and oxygen atoms in total. The number of rotatable bonds is 3. The highest BCUT2D eigenvalue weighted by molar-refractivity contribution is 7.99. The number of aromatic nitrogens is 2. The average molecular weight is 224 g/mol. The van der Waals surface area contributed by atoms with E-state index in [0.29, 0.717) is 5.92 Å². The van der Waals surface area contributed by atoms with E-state index < -0.39 is 0 Å². The van der Waals surface area contributed by atoms with Crippen LogP contribution in [0.3, 0.4) is 0 Å². The van der Waals surface area contributed by atoms with Gasteiger partial charge in [0, 0.05) is 24.1 Å². The minimum Gasteiger partial charge on any atom is -0.287 e. The van der Waals surface area contributed by atoms with Crippen LogP contribution in [0.25, 0.3) is 0 Å². The van der Waals surface area contributed by atoms with E-state index in [4.69, 9.17) is 0 Å². The van der Waals surface area contributed by atoms with Crippen molar-refractivity contribution in [1.82, 2.24) is 9.55 Å². The van der Waals surface area contributed by atoms with Crippen molar-refractivity contribution in [3.8, 4) is 0 Å². The standard InChI is InChI=1S/C11H16N2OS/c1-3-4-8(2)9-7-12-11-13(10(9)14)5-6-15-11/h7-8H,3-6H2,1-2H3. The van der Waals surface area contributed by atoms with Crippen LogP contribution in [0.1, 0.15) is 38.2 Å². The zero-order chi connectivity index (χ0) is 10.8. The molecule has 0 amide bonds. The van der Waals surface area contributed by atoms with E-state index in [1.165, 1.54) is 0 Å². The summed E-state index contributed by atoms with van der Waals surface area (Å²) in [4.78, 5) is 16.4. The fourth-order valence-corrected chi connectivity index (χ4v) is 2.87. The van der Waals surface area contributed by atoms with Crippen LogP contribution in [-0.4, -0.2) is 15.3 Å². The molecule has 0 N–H and O–H groups in total. The highest BCUT2D eigenvalue weighted by Crippen LogP contribution is 2.23. The van der Waals surface area contributed by atoms with E-state index in [1.54, 1.807) is 18.0 Å². The van der Waals surface area contributed by atoms with Gasteiger partial charge >= 0.3 is 0 Å². The first-order chi connectivity index (χ1) is 7.24. The Labute approximate surface area is 93.9 Å². The predicted octanol–water partition coefficient (Wildman–Crippen LogP) is 2.25. The number of thioether (sulfide) groups is 1. The van der Waals surface area contributed by atoms with Crippen LogP contribution >= 0.6 is 11.8 Å². The van der Waals surface area contributed by atoms with Crippen molar-refractivity contribution in [2.75, 3.05) is 5.75 Å². The normalized spacial score (nSPS) is 16.4. The summed E-state index contributed by atoms with van der Waals surface area (Å²) >= 11 is 1.67. The van der Waals surface area contributed by atoms with E-state index in [1.807, 2.05) is 4.57 Å². The second kappa shape index (κ2) is 4.39. The van der Waals surface area contributed by atoms with Gasteiger partial charge in [-0.3, -0.25) is 9.36 Å². The Morgan fingerprint density at radius 3 is 3.20 bits per heavy atom. The topological polar surface area (TPSA) is 34.9 Å². The molecule has 1 aromatic rings. The van der Waals surface area contributed by atoms with Crippen molar-refractivity contribution in [1.29, 1.82) is 0 Å². The van der Waals surface area contributed by atoms with Gasteiger partial charge in [0.1, 0.15) is 0 Å². The van der Waals surface area contributed by atoms with E-state index >= 15 is 0 Å². The molecule has 1 aliphatic rings. The predicted molar refractivity (Wildman–Crippen MR) is 62.5 cm³/mol. The smallest absolute Gasteiger partial charge is 0.257 e. The summed E-state index contributed by atoms with van der Waals surface area (Å²) in [5.41, 5.74) is 1.05. The number of nitrogens with zero attached hydrogens (tertiary/aromatic N) is 2. The van der Waals surface area contributed by atoms with Crippen molar-refractivity contribution in [3.63, 3.8) is 0 Å². The number of hydrogen-bond acceptors (Lipinski definition) is 3. The number of fused-ring (bicyclic) bond motifs is 1. The van der Waals surface area contributed by atoms with Gasteiger partial charge in [-0.1, -0.05) is 32.0 Å². The zero-order valence-electron chi connectivity index (χ0n) is 9.19. The molecule has 2 heterocycles. The lowest BCUT2D eigenvalue weighted by atomic mass is 9.99. The Balaban J connectivity index is 2.38. The molecule has 0 aliphatic carbocycles. The number of hydrogen-bond donors (Lipinski definition) is 0. The average Bonchev–Trinajstić information content (AvgIpc) is 2.67. The van der Waals surface area contributed by atoms with Gasteiger partial charge in [0.2, 0.25) is 0 Å². The van der Waals surface area contributed by atoms with Gasteiger partial charge in [0.05, 0.1) is 0 Å². The van der Waals surface area contributed by atoms with E-state index in [9.17, 15) is 4.79 Å². The van der Waals surface area contributed by atoms with Gasteiger partial charge in [-0.2, -0.15) is 0 Å². The first-order valence-corrected chi connectivity index (χ1v) is 6.45. The third-order valence-corrected chi connectivity index (χ3v) is 3.81. The molecule has 0 radical (unpaired) electrons. The molecule has 4 heteroatoms. The van der Waals surface area contributed by atoms with Gasteiger partial charge in [-0.25, -0.2) is 4.98 Å². The Morgan fingerprint density at radius 1 is 1.67 bits per heavy atom. The lowest BCUT2D eigenvalue weighted by molar-refractivity contribution is 0.599. The minimum absolute atomic E-state index is 0.172. The summed E-state index contributed by atoms with van der Waals surface area (Å²) in [6.07, 6.45) is 3.94. The highest BCUT2D eigenvalue weighted by atomic mass is 32.2. The molecular formula is C11H16N2OS. The third-order valence-electron chi connectivity index (χ3n) is 2.84. The SMILES string of the molecule is CCCC(C)c1cnc2n(c1=O)CCS2. The summed E-state index contributed by atoms with van der Waals surface area (Å²) in [6.45, 7) is 5.07. The molecule has 82 valence electrons. The van der Waals surface area contributed by atoms with Gasteiger partial charge < -0.3 is 0 Å². The van der Waals surface area contributed by atoms with Gasteiger partial charge in [-0.05, 0) is 12.3 Å². The first kappa shape index (κ1) is 10.7. The van der Waals surface area contributed by atoms with Gasteiger partial charge in [0.15, 0.2) is 5.16 Å². The summed E-state index contributed by atoms with van der Waals surface area (Å²) in [5.74, 6) is 1.31. The fourth-order valence-electron chi connectivity index (χ4n) is 1.96. The van der Waals surface area contributed by atoms with Crippen LogP contribution in [0.2, 0.25) is 0 Å². The maximum atomic E-state index is 12.1. The Kier molecular flexibility index (Phi) is 3.14. The molecule has 0 saturated heterocycles. The first-order valence-electron chi connectivity index (χ1n) is 5.46. The monoisotopic (exact) mass is 224 g/mol. The summed E-state index contributed by atoms with van der Waals surface area (Å²) < 4.78 is 1.81. The molecule has 0 fully saturated rings. The molecule has 15 heavy (non-hydrogen) atoms. The molecular weight excluding hydrogens is 208 g/mol. The minimum atomic E-state index is 0.172. The quantitative estimate of drug-likeness (QED) is 0.739. The Bertz CT molecular complexity index is 414. The van der Waals surface area contributed by atoms with Crippen LogP contribution < -0.4 is 5.56 Å². The Hall–Kier alpha value is -0.770. The molecule has 0 saturated carbocycles. The molecule has 0 aromatic carbocycles. The fraction of sp³-hybridized carbons (Fsp3) is 0.636. The van der Waals surface area contributed by atoms with Crippen LogP contribution in [0, 0.1) is 0 Å². The lowest BCUT2D eigenvalue weighted by Crippen LogP contribution is -2.25. The van der Waals surface area contributed by atoms with Crippen LogP contribution in [-0.2, 0) is 6.54 Å². The van der Waals surface area contributed by atoms with Crippen LogP contribution in [0.5, 0.6) is 0 Å². The molecule has 0 bridgehead atoms. The highest BCUT2D eigenvalue weighted by Gasteiger charge is 2.18. The molecule has 2 rings (SSSR count). The van der Waals surface area contributed by atoms with Crippen LogP contribution in [0.4, 0.5) is 0 Å². The maximum absolute atomic E-state index is 12.1. The molecule has 1 atom stereocenters. The second-order valence-corrected chi connectivity index (χ2v) is 5.05. The lowest BCUT2D eigenvalue weighted by Gasteiger charge is -2.11. The Morgan fingerprint density at radius 2 is 2.47 bits per heavy atom. The second-order valence-electron chi connectivity index (χ2n) is 3.99. The summed E-state index contributed by atoms with van der Waals surface area (Å²) in [7, 11) is 0. The van der Waals surface area contributed by atoms with E-state index in [0.717, 1.165) is 35.9 Å². The maximum Gasteiger partial charge on any atom is 0.257 e. The van der Waals surface area contributed by atoms with Gasteiger partial charge in [0.25, 0.3) is 5.56 Å². The van der Waals surface area contributed by atoms with Crippen molar-refractivity contribution >= 4 is 11.8 Å². The molecule has 1 unspecified atom stereocenters. The van der Waals surface area contributed by atoms with E-state index in [2.05, 4.69) is 18.8 Å². The molecule has 1 aliphatic heterocycles. The van der Waals surface area contributed by atoms with Crippen molar-refractivity contribution < 1.29 is 0 Å². The third kappa shape index (κ3) is 1.95. The van der Waals surface area contributed by atoms with Crippen molar-refractivity contribution in [3.05, 3.63) is 22.1 Å². The summed E-state index contributed by atoms with van der Waals surface area (Å²) in [5, 5.41) is 0.882. The zero-order valence-corrected chi connectivity index (χ0v) is 10.0. The summed E-state index contributed by atoms with van der Waals surface area (Å²) in [6, 6.07) is 0. The van der Waals surface area contributed by atoms with Crippen LogP contribution in [0.15, 0.2) is 16.1 Å². The van der Waals surface area contributed by atoms with Crippen molar-refractivity contribution in [2.24, 2.45) is 0 Å².